The van der Waals surface area contributed by atoms with Crippen LogP contribution in [0.15, 0.2) is 91.1 Å². The smallest absolute Gasteiger partial charge is 0.271 e. The maximum absolute atomic E-state index is 11.2. The molecule has 0 unspecified atom stereocenters. The molecule has 1 heterocycles. The third-order valence-corrected chi connectivity index (χ3v) is 4.89. The molecule has 0 aliphatic rings. The molecule has 0 bridgehead atoms. The molecule has 4 heteroatoms. The van der Waals surface area contributed by atoms with Gasteiger partial charge >= 0.3 is 0 Å². The van der Waals surface area contributed by atoms with Gasteiger partial charge in [-0.25, -0.2) is 0 Å². The van der Waals surface area contributed by atoms with E-state index in [0.717, 1.165) is 28.9 Å². The molecule has 4 rings (SSSR count). The highest BCUT2D eigenvalue weighted by molar-refractivity contribution is 5.69. The van der Waals surface area contributed by atoms with Gasteiger partial charge in [0, 0.05) is 36.0 Å². The summed E-state index contributed by atoms with van der Waals surface area (Å²) in [6.45, 7) is 2.07. The normalized spacial score (nSPS) is 10.8. The van der Waals surface area contributed by atoms with Crippen LogP contribution < -0.4 is 0 Å². The van der Waals surface area contributed by atoms with Gasteiger partial charge in [0.05, 0.1) is 10.6 Å². The maximum Gasteiger partial charge on any atom is 0.271 e. The Bertz CT molecular complexity index is 1110. The zero-order chi connectivity index (χ0) is 19.5. The van der Waals surface area contributed by atoms with E-state index in [1.54, 1.807) is 12.1 Å². The summed E-state index contributed by atoms with van der Waals surface area (Å²) < 4.78 is 2.05. The fourth-order valence-electron chi connectivity index (χ4n) is 3.43. The van der Waals surface area contributed by atoms with Gasteiger partial charge in [0.1, 0.15) is 0 Å². The third kappa shape index (κ3) is 3.58. The standard InChI is InChI=1S/C24H20N2O2/c1-18-10-12-20(13-11-18)23-14-15-25(21-8-5-9-22(17-21)26(27)28)24(23)16-19-6-3-2-4-7-19/h2-15,17H,16H2,1H3. The van der Waals surface area contributed by atoms with Crippen molar-refractivity contribution in [2.75, 3.05) is 0 Å². The van der Waals surface area contributed by atoms with Crippen molar-refractivity contribution in [1.29, 1.82) is 0 Å². The van der Waals surface area contributed by atoms with E-state index in [4.69, 9.17) is 0 Å². The van der Waals surface area contributed by atoms with E-state index in [9.17, 15) is 10.1 Å². The van der Waals surface area contributed by atoms with Gasteiger partial charge in [-0.15, -0.1) is 0 Å². The van der Waals surface area contributed by atoms with Gasteiger partial charge in [0.2, 0.25) is 0 Å². The molecule has 138 valence electrons. The van der Waals surface area contributed by atoms with Crippen molar-refractivity contribution < 1.29 is 4.92 Å². The molecule has 1 aromatic heterocycles. The quantitative estimate of drug-likeness (QED) is 0.323. The van der Waals surface area contributed by atoms with Crippen LogP contribution in [0.3, 0.4) is 0 Å². The molecule has 0 radical (unpaired) electrons. The molecule has 0 atom stereocenters. The average molecular weight is 368 g/mol. The Kier molecular flexibility index (Phi) is 4.77. The van der Waals surface area contributed by atoms with E-state index >= 15 is 0 Å². The molecule has 28 heavy (non-hydrogen) atoms. The first-order valence-corrected chi connectivity index (χ1v) is 9.18. The summed E-state index contributed by atoms with van der Waals surface area (Å²) in [5, 5.41) is 11.2. The first kappa shape index (κ1) is 17.7. The highest BCUT2D eigenvalue weighted by Gasteiger charge is 2.15. The lowest BCUT2D eigenvalue weighted by atomic mass is 10.0. The number of hydrogen-bond acceptors (Lipinski definition) is 2. The topological polar surface area (TPSA) is 48.1 Å². The summed E-state index contributed by atoms with van der Waals surface area (Å²) in [7, 11) is 0. The van der Waals surface area contributed by atoms with E-state index in [1.165, 1.54) is 17.2 Å². The Morgan fingerprint density at radius 3 is 2.36 bits per heavy atom. The number of nitro benzene ring substituents is 1. The number of rotatable bonds is 5. The van der Waals surface area contributed by atoms with Gasteiger partial charge in [0.25, 0.3) is 5.69 Å². The number of aromatic nitrogens is 1. The molecule has 0 fully saturated rings. The minimum absolute atomic E-state index is 0.0914. The van der Waals surface area contributed by atoms with Crippen LogP contribution in [-0.4, -0.2) is 9.49 Å². The predicted molar refractivity (Wildman–Crippen MR) is 112 cm³/mol. The molecule has 0 saturated heterocycles. The van der Waals surface area contributed by atoms with E-state index in [1.807, 2.05) is 30.5 Å². The third-order valence-electron chi connectivity index (χ3n) is 4.89. The lowest BCUT2D eigenvalue weighted by molar-refractivity contribution is -0.384. The Balaban J connectivity index is 1.85. The monoisotopic (exact) mass is 368 g/mol. The Hall–Kier alpha value is -3.66. The molecule has 0 saturated carbocycles. The van der Waals surface area contributed by atoms with Crippen molar-refractivity contribution >= 4 is 5.69 Å². The Labute approximate surface area is 163 Å². The first-order valence-electron chi connectivity index (χ1n) is 9.18. The highest BCUT2D eigenvalue weighted by Crippen LogP contribution is 2.30. The van der Waals surface area contributed by atoms with Crippen LogP contribution >= 0.6 is 0 Å². The molecule has 0 aliphatic heterocycles. The average Bonchev–Trinajstić information content (AvgIpc) is 3.13. The van der Waals surface area contributed by atoms with Crippen LogP contribution in [0.4, 0.5) is 5.69 Å². The van der Waals surface area contributed by atoms with Crippen molar-refractivity contribution in [3.05, 3.63) is 118 Å². The highest BCUT2D eigenvalue weighted by atomic mass is 16.6. The zero-order valence-electron chi connectivity index (χ0n) is 15.6. The van der Waals surface area contributed by atoms with Gasteiger partial charge in [-0.05, 0) is 30.2 Å². The van der Waals surface area contributed by atoms with E-state index in [0.29, 0.717) is 0 Å². The lowest BCUT2D eigenvalue weighted by Crippen LogP contribution is -2.02. The number of nitro groups is 1. The summed E-state index contributed by atoms with van der Waals surface area (Å²) in [5.74, 6) is 0. The molecule has 4 aromatic rings. The maximum atomic E-state index is 11.2. The molecule has 0 spiro atoms. The van der Waals surface area contributed by atoms with Crippen molar-refractivity contribution in [1.82, 2.24) is 4.57 Å². The van der Waals surface area contributed by atoms with Gasteiger partial charge in [-0.3, -0.25) is 10.1 Å². The number of non-ortho nitro benzene ring substituents is 1. The summed E-state index contributed by atoms with van der Waals surface area (Å²) >= 11 is 0. The van der Waals surface area contributed by atoms with Crippen LogP contribution in [0.2, 0.25) is 0 Å². The number of nitrogens with zero attached hydrogens (tertiary/aromatic N) is 2. The zero-order valence-corrected chi connectivity index (χ0v) is 15.6. The lowest BCUT2D eigenvalue weighted by Gasteiger charge is -2.13. The second kappa shape index (κ2) is 7.53. The molecular formula is C24H20N2O2. The van der Waals surface area contributed by atoms with Gasteiger partial charge in [-0.1, -0.05) is 66.2 Å². The second-order valence-corrected chi connectivity index (χ2v) is 6.85. The van der Waals surface area contributed by atoms with Crippen molar-refractivity contribution in [2.24, 2.45) is 0 Å². The fraction of sp³-hybridized carbons (Fsp3) is 0.0833. The minimum atomic E-state index is -0.356. The van der Waals surface area contributed by atoms with Crippen molar-refractivity contribution in [2.45, 2.75) is 13.3 Å². The van der Waals surface area contributed by atoms with Crippen molar-refractivity contribution in [3.8, 4) is 16.8 Å². The summed E-state index contributed by atoms with van der Waals surface area (Å²) in [6.07, 6.45) is 2.73. The molecule has 3 aromatic carbocycles. The molecular weight excluding hydrogens is 348 g/mol. The van der Waals surface area contributed by atoms with E-state index in [-0.39, 0.29) is 10.6 Å². The molecule has 4 nitrogen and oxygen atoms in total. The second-order valence-electron chi connectivity index (χ2n) is 6.85. The number of aryl methyl sites for hydroxylation is 1. The summed E-state index contributed by atoms with van der Waals surface area (Å²) in [6, 6.07) is 27.6. The SMILES string of the molecule is Cc1ccc(-c2ccn(-c3cccc([N+](=O)[O-])c3)c2Cc2ccccc2)cc1. The van der Waals surface area contributed by atoms with Crippen LogP contribution in [0.25, 0.3) is 16.8 Å². The molecule has 0 aliphatic carbocycles. The summed E-state index contributed by atoms with van der Waals surface area (Å²) in [5.41, 5.74) is 6.67. The fourth-order valence-corrected chi connectivity index (χ4v) is 3.43. The minimum Gasteiger partial charge on any atom is -0.320 e. The Morgan fingerprint density at radius 2 is 1.64 bits per heavy atom. The van der Waals surface area contributed by atoms with Gasteiger partial charge < -0.3 is 4.57 Å². The van der Waals surface area contributed by atoms with Crippen LogP contribution in [0, 0.1) is 17.0 Å². The number of benzene rings is 3. The number of hydrogen-bond donors (Lipinski definition) is 0. The van der Waals surface area contributed by atoms with Gasteiger partial charge in [-0.2, -0.15) is 0 Å². The van der Waals surface area contributed by atoms with Gasteiger partial charge in [0.15, 0.2) is 0 Å². The van der Waals surface area contributed by atoms with E-state index in [2.05, 4.69) is 54.0 Å². The largest absolute Gasteiger partial charge is 0.320 e. The molecule has 0 N–H and O–H groups in total. The van der Waals surface area contributed by atoms with Crippen LogP contribution in [-0.2, 0) is 6.42 Å². The summed E-state index contributed by atoms with van der Waals surface area (Å²) in [4.78, 5) is 10.9. The predicted octanol–water partition coefficient (Wildman–Crippen LogP) is 5.95. The van der Waals surface area contributed by atoms with Crippen LogP contribution in [0.5, 0.6) is 0 Å². The van der Waals surface area contributed by atoms with Crippen LogP contribution in [0.1, 0.15) is 16.8 Å². The molecule has 0 amide bonds. The first-order chi connectivity index (χ1) is 13.6. The van der Waals surface area contributed by atoms with E-state index < -0.39 is 0 Å². The van der Waals surface area contributed by atoms with Crippen molar-refractivity contribution in [3.63, 3.8) is 0 Å². The Morgan fingerprint density at radius 1 is 0.893 bits per heavy atom.